The molecule has 5 heteroatoms. The number of nitrogens with zero attached hydrogens (tertiary/aromatic N) is 2. The van der Waals surface area contributed by atoms with E-state index in [2.05, 4.69) is 4.98 Å². The van der Waals surface area contributed by atoms with Crippen LogP contribution in [0.1, 0.15) is 33.5 Å². The Morgan fingerprint density at radius 2 is 2.00 bits per heavy atom. The fourth-order valence-corrected chi connectivity index (χ4v) is 2.43. The first-order valence-corrected chi connectivity index (χ1v) is 7.15. The standard InChI is InChI=1S/C11H20N2O2S/c1-5-10-12-6-7-13(10)8-9-16(14,15)11(2,3)4/h6-7H,5,8-9H2,1-4H3. The van der Waals surface area contributed by atoms with E-state index in [-0.39, 0.29) is 5.75 Å². The Kier molecular flexibility index (Phi) is 3.78. The van der Waals surface area contributed by atoms with Crippen molar-refractivity contribution < 1.29 is 8.42 Å². The predicted molar refractivity (Wildman–Crippen MR) is 65.1 cm³/mol. The number of hydrogen-bond donors (Lipinski definition) is 0. The van der Waals surface area contributed by atoms with E-state index in [9.17, 15) is 8.42 Å². The topological polar surface area (TPSA) is 52.0 Å². The summed E-state index contributed by atoms with van der Waals surface area (Å²) in [5, 5.41) is 0. The maximum Gasteiger partial charge on any atom is 0.156 e. The summed E-state index contributed by atoms with van der Waals surface area (Å²) < 4.78 is 25.1. The second-order valence-corrected chi connectivity index (χ2v) is 7.68. The molecule has 0 aromatic carbocycles. The summed E-state index contributed by atoms with van der Waals surface area (Å²) in [5.74, 6) is 1.10. The fourth-order valence-electron chi connectivity index (χ4n) is 1.38. The Balaban J connectivity index is 2.73. The molecule has 0 aliphatic rings. The van der Waals surface area contributed by atoms with Gasteiger partial charge in [-0.15, -0.1) is 0 Å². The van der Waals surface area contributed by atoms with Crippen LogP contribution >= 0.6 is 0 Å². The van der Waals surface area contributed by atoms with E-state index < -0.39 is 14.6 Å². The van der Waals surface area contributed by atoms with Gasteiger partial charge in [-0.1, -0.05) is 6.92 Å². The van der Waals surface area contributed by atoms with E-state index in [1.807, 2.05) is 17.7 Å². The molecule has 1 aromatic heterocycles. The van der Waals surface area contributed by atoms with Crippen molar-refractivity contribution >= 4 is 9.84 Å². The first kappa shape index (κ1) is 13.2. The number of aromatic nitrogens is 2. The first-order valence-electron chi connectivity index (χ1n) is 5.50. The summed E-state index contributed by atoms with van der Waals surface area (Å²) in [4.78, 5) is 4.17. The molecule has 16 heavy (non-hydrogen) atoms. The van der Waals surface area contributed by atoms with Crippen molar-refractivity contribution in [2.75, 3.05) is 5.75 Å². The Morgan fingerprint density at radius 1 is 1.38 bits per heavy atom. The molecule has 0 fully saturated rings. The van der Waals surface area contributed by atoms with Gasteiger partial charge in [0.2, 0.25) is 0 Å². The van der Waals surface area contributed by atoms with Crippen molar-refractivity contribution in [3.05, 3.63) is 18.2 Å². The molecular weight excluding hydrogens is 224 g/mol. The van der Waals surface area contributed by atoms with Crippen LogP contribution in [0.15, 0.2) is 12.4 Å². The van der Waals surface area contributed by atoms with Crippen molar-refractivity contribution in [2.24, 2.45) is 0 Å². The van der Waals surface area contributed by atoms with Gasteiger partial charge in [0.1, 0.15) is 5.82 Å². The van der Waals surface area contributed by atoms with Gasteiger partial charge in [-0.3, -0.25) is 0 Å². The molecule has 4 nitrogen and oxygen atoms in total. The number of sulfone groups is 1. The molecule has 0 bridgehead atoms. The molecule has 92 valence electrons. The van der Waals surface area contributed by atoms with Crippen LogP contribution in [0, 0.1) is 0 Å². The third-order valence-electron chi connectivity index (χ3n) is 2.65. The second-order valence-electron chi connectivity index (χ2n) is 4.82. The van der Waals surface area contributed by atoms with Gasteiger partial charge in [0.05, 0.1) is 10.5 Å². The van der Waals surface area contributed by atoms with E-state index in [4.69, 9.17) is 0 Å². The predicted octanol–water partition coefficient (Wildman–Crippen LogP) is 1.66. The average molecular weight is 244 g/mol. The first-order chi connectivity index (χ1) is 7.28. The van der Waals surface area contributed by atoms with Crippen LogP contribution in [-0.2, 0) is 22.8 Å². The highest BCUT2D eigenvalue weighted by Gasteiger charge is 2.28. The van der Waals surface area contributed by atoms with Crippen molar-refractivity contribution in [1.82, 2.24) is 9.55 Å². The van der Waals surface area contributed by atoms with Crippen LogP contribution in [0.3, 0.4) is 0 Å². The molecule has 0 aliphatic carbocycles. The largest absolute Gasteiger partial charge is 0.334 e. The smallest absolute Gasteiger partial charge is 0.156 e. The van der Waals surface area contributed by atoms with Gasteiger partial charge < -0.3 is 4.57 Å². The lowest BCUT2D eigenvalue weighted by Gasteiger charge is -2.19. The molecule has 0 spiro atoms. The van der Waals surface area contributed by atoms with Gasteiger partial charge in [0, 0.05) is 25.4 Å². The summed E-state index contributed by atoms with van der Waals surface area (Å²) in [6.07, 6.45) is 4.36. The summed E-state index contributed by atoms with van der Waals surface area (Å²) >= 11 is 0. The molecule has 0 radical (unpaired) electrons. The van der Waals surface area contributed by atoms with Crippen LogP contribution < -0.4 is 0 Å². The minimum Gasteiger partial charge on any atom is -0.334 e. The van der Waals surface area contributed by atoms with E-state index in [1.54, 1.807) is 27.0 Å². The molecule has 0 saturated carbocycles. The van der Waals surface area contributed by atoms with Crippen LogP contribution in [0.5, 0.6) is 0 Å². The summed E-state index contributed by atoms with van der Waals surface area (Å²) in [5.41, 5.74) is 0. The van der Waals surface area contributed by atoms with Gasteiger partial charge in [-0.25, -0.2) is 13.4 Å². The Morgan fingerprint density at radius 3 is 2.50 bits per heavy atom. The highest BCUT2D eigenvalue weighted by molar-refractivity contribution is 7.92. The van der Waals surface area contributed by atoms with Crippen molar-refractivity contribution in [2.45, 2.75) is 45.4 Å². The highest BCUT2D eigenvalue weighted by atomic mass is 32.2. The van der Waals surface area contributed by atoms with Crippen molar-refractivity contribution in [1.29, 1.82) is 0 Å². The van der Waals surface area contributed by atoms with E-state index >= 15 is 0 Å². The lowest BCUT2D eigenvalue weighted by molar-refractivity contribution is 0.552. The lowest BCUT2D eigenvalue weighted by atomic mass is 10.3. The third-order valence-corrected chi connectivity index (χ3v) is 5.24. The Bertz CT molecular complexity index is 441. The molecule has 1 rings (SSSR count). The fraction of sp³-hybridized carbons (Fsp3) is 0.727. The highest BCUT2D eigenvalue weighted by Crippen LogP contribution is 2.16. The maximum absolute atomic E-state index is 11.9. The van der Waals surface area contributed by atoms with E-state index in [0.29, 0.717) is 6.54 Å². The summed E-state index contributed by atoms with van der Waals surface area (Å²) in [7, 11) is -3.05. The Hall–Kier alpha value is -0.840. The number of rotatable bonds is 4. The quantitative estimate of drug-likeness (QED) is 0.809. The van der Waals surface area contributed by atoms with Crippen LogP contribution in [0.25, 0.3) is 0 Å². The second kappa shape index (κ2) is 4.57. The van der Waals surface area contributed by atoms with Crippen LogP contribution in [0.4, 0.5) is 0 Å². The minimum atomic E-state index is -3.05. The monoisotopic (exact) mass is 244 g/mol. The molecule has 0 N–H and O–H groups in total. The maximum atomic E-state index is 11.9. The summed E-state index contributed by atoms with van der Waals surface area (Å²) in [6.45, 7) is 7.70. The van der Waals surface area contributed by atoms with Gasteiger partial charge in [-0.05, 0) is 20.8 Å². The van der Waals surface area contributed by atoms with Crippen molar-refractivity contribution in [3.8, 4) is 0 Å². The SMILES string of the molecule is CCc1nccn1CCS(=O)(=O)C(C)(C)C. The van der Waals surface area contributed by atoms with Gasteiger partial charge in [0.15, 0.2) is 9.84 Å². The minimum absolute atomic E-state index is 0.167. The van der Waals surface area contributed by atoms with Crippen LogP contribution in [-0.4, -0.2) is 28.5 Å². The third kappa shape index (κ3) is 2.84. The zero-order valence-electron chi connectivity index (χ0n) is 10.4. The van der Waals surface area contributed by atoms with E-state index in [0.717, 1.165) is 12.2 Å². The zero-order chi connectivity index (χ0) is 12.4. The number of hydrogen-bond acceptors (Lipinski definition) is 3. The normalized spacial score (nSPS) is 13.0. The average Bonchev–Trinajstić information content (AvgIpc) is 2.60. The molecule has 0 amide bonds. The van der Waals surface area contributed by atoms with Gasteiger partial charge in [0.25, 0.3) is 0 Å². The molecular formula is C11H20N2O2S. The van der Waals surface area contributed by atoms with Gasteiger partial charge in [-0.2, -0.15) is 0 Å². The van der Waals surface area contributed by atoms with Crippen molar-refractivity contribution in [3.63, 3.8) is 0 Å². The molecule has 1 aromatic rings. The van der Waals surface area contributed by atoms with E-state index in [1.165, 1.54) is 0 Å². The molecule has 0 saturated heterocycles. The lowest BCUT2D eigenvalue weighted by Crippen LogP contribution is -2.32. The summed E-state index contributed by atoms with van der Waals surface area (Å²) in [6, 6.07) is 0. The van der Waals surface area contributed by atoms with Gasteiger partial charge >= 0.3 is 0 Å². The Labute approximate surface area is 97.6 Å². The molecule has 0 unspecified atom stereocenters. The number of imidazole rings is 1. The molecule has 0 atom stereocenters. The number of aryl methyl sites for hydroxylation is 2. The van der Waals surface area contributed by atoms with Crippen LogP contribution in [0.2, 0.25) is 0 Å². The zero-order valence-corrected chi connectivity index (χ0v) is 11.2. The molecule has 1 heterocycles. The molecule has 0 aliphatic heterocycles.